The van der Waals surface area contributed by atoms with Gasteiger partial charge in [0.25, 0.3) is 0 Å². The van der Waals surface area contributed by atoms with E-state index in [9.17, 15) is 0 Å². The molecule has 2 rings (SSSR count). The van der Waals surface area contributed by atoms with Crippen LogP contribution in [0.1, 0.15) is 22.7 Å². The summed E-state index contributed by atoms with van der Waals surface area (Å²) in [5.74, 6) is 0. The third-order valence-electron chi connectivity index (χ3n) is 3.31. The lowest BCUT2D eigenvalue weighted by Crippen LogP contribution is -2.19. The van der Waals surface area contributed by atoms with E-state index in [-0.39, 0.29) is 0 Å². The van der Waals surface area contributed by atoms with Gasteiger partial charge in [-0.05, 0) is 83.9 Å². The molecule has 2 aromatic carbocycles. The minimum atomic E-state index is 0.355. The Kier molecular flexibility index (Phi) is 5.42. The molecule has 0 aromatic heterocycles. The van der Waals surface area contributed by atoms with Crippen molar-refractivity contribution >= 4 is 38.5 Å². The van der Waals surface area contributed by atoms with Crippen molar-refractivity contribution in [3.63, 3.8) is 0 Å². The van der Waals surface area contributed by atoms with Crippen LogP contribution < -0.4 is 5.32 Å². The first kappa shape index (κ1) is 15.0. The van der Waals surface area contributed by atoms with Gasteiger partial charge < -0.3 is 5.32 Å². The Bertz CT molecular complexity index is 551. The second-order valence-corrected chi connectivity index (χ2v) is 6.83. The molecular formula is C16H17BrIN. The van der Waals surface area contributed by atoms with Crippen molar-refractivity contribution in [2.45, 2.75) is 19.4 Å². The zero-order chi connectivity index (χ0) is 13.8. The SMILES string of the molecule is CNC(Cc1ccc(I)cc1)c1ccc(Br)cc1C. The molecule has 2 aromatic rings. The molecule has 1 nitrogen and oxygen atoms in total. The van der Waals surface area contributed by atoms with Crippen LogP contribution in [0.25, 0.3) is 0 Å². The van der Waals surface area contributed by atoms with Crippen molar-refractivity contribution in [1.29, 1.82) is 0 Å². The molecule has 0 spiro atoms. The van der Waals surface area contributed by atoms with E-state index in [1.54, 1.807) is 0 Å². The topological polar surface area (TPSA) is 12.0 Å². The summed E-state index contributed by atoms with van der Waals surface area (Å²) >= 11 is 5.86. The number of hydrogen-bond donors (Lipinski definition) is 1. The highest BCUT2D eigenvalue weighted by Gasteiger charge is 2.12. The fraction of sp³-hybridized carbons (Fsp3) is 0.250. The molecule has 0 radical (unpaired) electrons. The second kappa shape index (κ2) is 6.86. The smallest absolute Gasteiger partial charge is 0.0361 e. The van der Waals surface area contributed by atoms with Crippen LogP contribution in [-0.4, -0.2) is 7.05 Å². The van der Waals surface area contributed by atoms with Gasteiger partial charge in [0.15, 0.2) is 0 Å². The summed E-state index contributed by atoms with van der Waals surface area (Å²) in [7, 11) is 2.03. The zero-order valence-electron chi connectivity index (χ0n) is 11.1. The molecule has 1 atom stereocenters. The highest BCUT2D eigenvalue weighted by molar-refractivity contribution is 14.1. The molecule has 1 N–H and O–H groups in total. The van der Waals surface area contributed by atoms with Crippen molar-refractivity contribution in [2.24, 2.45) is 0 Å². The second-order valence-electron chi connectivity index (χ2n) is 4.67. The zero-order valence-corrected chi connectivity index (χ0v) is 14.8. The molecule has 0 aliphatic heterocycles. The molecule has 0 amide bonds. The lowest BCUT2D eigenvalue weighted by Gasteiger charge is -2.19. The fourth-order valence-corrected chi connectivity index (χ4v) is 3.09. The normalized spacial score (nSPS) is 12.4. The standard InChI is InChI=1S/C16H17BrIN/c1-11-9-13(17)5-8-15(11)16(19-2)10-12-3-6-14(18)7-4-12/h3-9,16,19H,10H2,1-2H3. The first-order valence-electron chi connectivity index (χ1n) is 6.28. The van der Waals surface area contributed by atoms with Crippen LogP contribution in [0.5, 0.6) is 0 Å². The fourth-order valence-electron chi connectivity index (χ4n) is 2.25. The van der Waals surface area contributed by atoms with Crippen molar-refractivity contribution in [3.05, 3.63) is 67.2 Å². The van der Waals surface area contributed by atoms with E-state index in [0.717, 1.165) is 10.9 Å². The number of hydrogen-bond acceptors (Lipinski definition) is 1. The molecule has 0 fully saturated rings. The summed E-state index contributed by atoms with van der Waals surface area (Å²) in [5, 5.41) is 3.42. The van der Waals surface area contributed by atoms with Crippen LogP contribution in [0, 0.1) is 10.5 Å². The summed E-state index contributed by atoms with van der Waals surface area (Å²) < 4.78 is 2.42. The van der Waals surface area contributed by atoms with Gasteiger partial charge in [-0.3, -0.25) is 0 Å². The van der Waals surface area contributed by atoms with E-state index in [1.807, 2.05) is 7.05 Å². The first-order valence-corrected chi connectivity index (χ1v) is 8.15. The van der Waals surface area contributed by atoms with Crippen molar-refractivity contribution < 1.29 is 0 Å². The Morgan fingerprint density at radius 1 is 1.16 bits per heavy atom. The van der Waals surface area contributed by atoms with E-state index in [1.165, 1.54) is 20.3 Å². The van der Waals surface area contributed by atoms with Gasteiger partial charge in [0.05, 0.1) is 0 Å². The number of likely N-dealkylation sites (N-methyl/N-ethyl adjacent to an activating group) is 1. The van der Waals surface area contributed by atoms with Crippen molar-refractivity contribution in [3.8, 4) is 0 Å². The molecule has 0 bridgehead atoms. The van der Waals surface area contributed by atoms with Crippen LogP contribution in [0.4, 0.5) is 0 Å². The molecular weight excluding hydrogens is 413 g/mol. The van der Waals surface area contributed by atoms with E-state index in [0.29, 0.717) is 6.04 Å². The average molecular weight is 430 g/mol. The molecule has 1 unspecified atom stereocenters. The van der Waals surface area contributed by atoms with E-state index in [2.05, 4.69) is 93.2 Å². The molecule has 0 saturated heterocycles. The van der Waals surface area contributed by atoms with E-state index < -0.39 is 0 Å². The first-order chi connectivity index (χ1) is 9.10. The minimum absolute atomic E-state index is 0.355. The van der Waals surface area contributed by atoms with Gasteiger partial charge in [0, 0.05) is 14.1 Å². The third kappa shape index (κ3) is 4.04. The van der Waals surface area contributed by atoms with E-state index >= 15 is 0 Å². The maximum atomic E-state index is 3.52. The third-order valence-corrected chi connectivity index (χ3v) is 4.52. The van der Waals surface area contributed by atoms with Crippen LogP contribution in [0.15, 0.2) is 46.9 Å². The Hall–Kier alpha value is -0.390. The van der Waals surface area contributed by atoms with Gasteiger partial charge in [-0.15, -0.1) is 0 Å². The van der Waals surface area contributed by atoms with Gasteiger partial charge in [0.1, 0.15) is 0 Å². The molecule has 19 heavy (non-hydrogen) atoms. The van der Waals surface area contributed by atoms with Gasteiger partial charge in [-0.25, -0.2) is 0 Å². The predicted octanol–water partition coefficient (Wildman–Crippen LogP) is 4.87. The molecule has 0 saturated carbocycles. The summed E-state index contributed by atoms with van der Waals surface area (Å²) in [6.07, 6.45) is 1.01. The number of aryl methyl sites for hydroxylation is 1. The molecule has 0 aliphatic rings. The number of benzene rings is 2. The van der Waals surface area contributed by atoms with Crippen LogP contribution >= 0.6 is 38.5 Å². The molecule has 100 valence electrons. The highest BCUT2D eigenvalue weighted by atomic mass is 127. The van der Waals surface area contributed by atoms with Crippen molar-refractivity contribution in [1.82, 2.24) is 5.32 Å². The summed E-state index contributed by atoms with van der Waals surface area (Å²) in [6, 6.07) is 15.6. The van der Waals surface area contributed by atoms with Gasteiger partial charge in [-0.1, -0.05) is 34.1 Å². The minimum Gasteiger partial charge on any atom is -0.313 e. The van der Waals surface area contributed by atoms with Gasteiger partial charge in [0.2, 0.25) is 0 Å². The van der Waals surface area contributed by atoms with E-state index in [4.69, 9.17) is 0 Å². The highest BCUT2D eigenvalue weighted by Crippen LogP contribution is 2.24. The average Bonchev–Trinajstić information content (AvgIpc) is 2.39. The van der Waals surface area contributed by atoms with Crippen LogP contribution in [0.3, 0.4) is 0 Å². The summed E-state index contributed by atoms with van der Waals surface area (Å²) in [5.41, 5.74) is 4.05. The lowest BCUT2D eigenvalue weighted by atomic mass is 9.95. The summed E-state index contributed by atoms with van der Waals surface area (Å²) in [4.78, 5) is 0. The Morgan fingerprint density at radius 3 is 2.42 bits per heavy atom. The van der Waals surface area contributed by atoms with Crippen LogP contribution in [0.2, 0.25) is 0 Å². The Labute approximate surface area is 137 Å². The largest absolute Gasteiger partial charge is 0.313 e. The van der Waals surface area contributed by atoms with Crippen molar-refractivity contribution in [2.75, 3.05) is 7.05 Å². The predicted molar refractivity (Wildman–Crippen MR) is 93.5 cm³/mol. The Balaban J connectivity index is 2.22. The molecule has 0 heterocycles. The van der Waals surface area contributed by atoms with Crippen LogP contribution in [-0.2, 0) is 6.42 Å². The van der Waals surface area contributed by atoms with Gasteiger partial charge in [-0.2, -0.15) is 0 Å². The molecule has 0 aliphatic carbocycles. The number of nitrogens with one attached hydrogen (secondary N) is 1. The summed E-state index contributed by atoms with van der Waals surface area (Å²) in [6.45, 7) is 2.17. The maximum Gasteiger partial charge on any atom is 0.0361 e. The van der Waals surface area contributed by atoms with Gasteiger partial charge >= 0.3 is 0 Å². The Morgan fingerprint density at radius 2 is 1.84 bits per heavy atom. The molecule has 3 heteroatoms. The number of rotatable bonds is 4. The quantitative estimate of drug-likeness (QED) is 0.684. The number of halogens is 2. The maximum absolute atomic E-state index is 3.52. The lowest BCUT2D eigenvalue weighted by molar-refractivity contribution is 0.589. The monoisotopic (exact) mass is 429 g/mol.